The number of cyclic esters (lactones) is 1. The second-order valence-electron chi connectivity index (χ2n) is 3.53. The number of carbonyl (C=O) groups is 1. The standard InChI is InChI=1S/C9H15O8P/c1-3-18(14,15-2)16-4-5(10)8-6(11)7(12)9(13)17-8/h5,8,10-12H,3-4H2,1-2H3/t5-,8?,18?/m0/s1. The van der Waals surface area contributed by atoms with E-state index in [0.717, 1.165) is 0 Å². The van der Waals surface area contributed by atoms with Crippen LogP contribution < -0.4 is 0 Å². The van der Waals surface area contributed by atoms with Crippen LogP contribution in [-0.2, 0) is 23.1 Å². The molecule has 1 aliphatic rings. The lowest BCUT2D eigenvalue weighted by Crippen LogP contribution is -2.32. The van der Waals surface area contributed by atoms with Crippen molar-refractivity contribution in [1.29, 1.82) is 0 Å². The molecule has 0 aliphatic carbocycles. The average Bonchev–Trinajstić information content (AvgIpc) is 2.63. The van der Waals surface area contributed by atoms with Crippen LogP contribution in [0.15, 0.2) is 11.5 Å². The Hall–Kier alpha value is -1.08. The van der Waals surface area contributed by atoms with Crippen LogP contribution in [0, 0.1) is 0 Å². The lowest BCUT2D eigenvalue weighted by atomic mass is 10.2. The molecule has 0 saturated heterocycles. The van der Waals surface area contributed by atoms with Crippen molar-refractivity contribution in [3.8, 4) is 0 Å². The average molecular weight is 282 g/mol. The van der Waals surface area contributed by atoms with Crippen LogP contribution in [0.4, 0.5) is 0 Å². The smallest absolute Gasteiger partial charge is 0.377 e. The van der Waals surface area contributed by atoms with Crippen LogP contribution in [0.25, 0.3) is 0 Å². The van der Waals surface area contributed by atoms with E-state index in [4.69, 9.17) is 9.63 Å². The lowest BCUT2D eigenvalue weighted by molar-refractivity contribution is -0.147. The third-order valence-electron chi connectivity index (χ3n) is 2.40. The zero-order valence-corrected chi connectivity index (χ0v) is 10.8. The summed E-state index contributed by atoms with van der Waals surface area (Å²) in [5, 5.41) is 28.0. The highest BCUT2D eigenvalue weighted by Crippen LogP contribution is 2.46. The monoisotopic (exact) mass is 282 g/mol. The third-order valence-corrected chi connectivity index (χ3v) is 4.27. The second kappa shape index (κ2) is 5.71. The first-order chi connectivity index (χ1) is 8.34. The molecule has 0 bridgehead atoms. The van der Waals surface area contributed by atoms with Crippen molar-refractivity contribution < 1.29 is 38.5 Å². The molecule has 1 aliphatic heterocycles. The minimum absolute atomic E-state index is 0.105. The van der Waals surface area contributed by atoms with Gasteiger partial charge in [0.15, 0.2) is 11.9 Å². The first-order valence-corrected chi connectivity index (χ1v) is 6.88. The maximum atomic E-state index is 11.7. The number of carbonyl (C=O) groups excluding carboxylic acids is 1. The molecule has 0 aromatic heterocycles. The Kier molecular flexibility index (Phi) is 4.75. The fourth-order valence-electron chi connectivity index (χ4n) is 1.28. The van der Waals surface area contributed by atoms with Gasteiger partial charge in [-0.2, -0.15) is 0 Å². The number of ether oxygens (including phenoxy) is 1. The topological polar surface area (TPSA) is 123 Å². The number of aliphatic hydroxyl groups is 3. The summed E-state index contributed by atoms with van der Waals surface area (Å²) in [4.78, 5) is 10.9. The van der Waals surface area contributed by atoms with Crippen LogP contribution in [0.3, 0.4) is 0 Å². The van der Waals surface area contributed by atoms with E-state index in [0.29, 0.717) is 0 Å². The van der Waals surface area contributed by atoms with Crippen molar-refractivity contribution in [1.82, 2.24) is 0 Å². The van der Waals surface area contributed by atoms with Gasteiger partial charge in [0, 0.05) is 13.3 Å². The molecule has 0 spiro atoms. The van der Waals surface area contributed by atoms with Gasteiger partial charge in [-0.05, 0) is 0 Å². The van der Waals surface area contributed by atoms with Crippen LogP contribution >= 0.6 is 7.60 Å². The first-order valence-electron chi connectivity index (χ1n) is 5.15. The summed E-state index contributed by atoms with van der Waals surface area (Å²) < 4.78 is 25.8. The fraction of sp³-hybridized carbons (Fsp3) is 0.667. The molecule has 0 radical (unpaired) electrons. The summed E-state index contributed by atoms with van der Waals surface area (Å²) in [5.41, 5.74) is 0. The molecule has 0 amide bonds. The van der Waals surface area contributed by atoms with Gasteiger partial charge in [0.1, 0.15) is 6.10 Å². The molecule has 0 aromatic rings. The zero-order valence-electron chi connectivity index (χ0n) is 9.90. The normalized spacial score (nSPS) is 24.8. The fourth-order valence-corrected chi connectivity index (χ4v) is 2.20. The first kappa shape index (κ1) is 15.0. The molecule has 0 fully saturated rings. The van der Waals surface area contributed by atoms with Gasteiger partial charge in [-0.25, -0.2) is 4.79 Å². The highest BCUT2D eigenvalue weighted by molar-refractivity contribution is 7.53. The molecule has 3 atom stereocenters. The van der Waals surface area contributed by atoms with E-state index in [2.05, 4.69) is 9.26 Å². The quantitative estimate of drug-likeness (QED) is 0.474. The van der Waals surface area contributed by atoms with Gasteiger partial charge < -0.3 is 29.1 Å². The number of rotatable bonds is 6. The molecular weight excluding hydrogens is 267 g/mol. The van der Waals surface area contributed by atoms with Crippen LogP contribution in [0.1, 0.15) is 6.92 Å². The predicted molar refractivity (Wildman–Crippen MR) is 59.3 cm³/mol. The summed E-state index contributed by atoms with van der Waals surface area (Å²) in [5.74, 6) is -2.87. The van der Waals surface area contributed by atoms with Gasteiger partial charge in [0.2, 0.25) is 5.76 Å². The van der Waals surface area contributed by atoms with Crippen molar-refractivity contribution in [3.63, 3.8) is 0 Å². The Labute approximate surface area is 103 Å². The molecule has 8 nitrogen and oxygen atoms in total. The predicted octanol–water partition coefficient (Wildman–Crippen LogP) is 0.476. The van der Waals surface area contributed by atoms with E-state index >= 15 is 0 Å². The van der Waals surface area contributed by atoms with Crippen molar-refractivity contribution in [2.24, 2.45) is 0 Å². The molecule has 0 aromatic carbocycles. The Balaban J connectivity index is 2.61. The molecule has 2 unspecified atom stereocenters. The van der Waals surface area contributed by atoms with Gasteiger partial charge >= 0.3 is 13.6 Å². The molecule has 1 heterocycles. The summed E-state index contributed by atoms with van der Waals surface area (Å²) in [6.07, 6.45) is -2.79. The van der Waals surface area contributed by atoms with E-state index in [1.165, 1.54) is 7.11 Å². The number of hydrogen-bond donors (Lipinski definition) is 3. The Bertz CT molecular complexity index is 395. The Morgan fingerprint density at radius 1 is 1.50 bits per heavy atom. The Morgan fingerprint density at radius 2 is 2.11 bits per heavy atom. The molecule has 9 heteroatoms. The summed E-state index contributed by atoms with van der Waals surface area (Å²) >= 11 is 0. The summed E-state index contributed by atoms with van der Waals surface area (Å²) in [6.45, 7) is 1.10. The summed E-state index contributed by atoms with van der Waals surface area (Å²) in [7, 11) is -2.08. The third kappa shape index (κ3) is 3.02. The number of aliphatic hydroxyl groups excluding tert-OH is 3. The summed E-state index contributed by atoms with van der Waals surface area (Å²) in [6, 6.07) is 0. The maximum absolute atomic E-state index is 11.7. The van der Waals surface area contributed by atoms with Crippen LogP contribution in [0.2, 0.25) is 0 Å². The molecule has 104 valence electrons. The van der Waals surface area contributed by atoms with Crippen LogP contribution in [0.5, 0.6) is 0 Å². The van der Waals surface area contributed by atoms with E-state index in [1.54, 1.807) is 6.92 Å². The lowest BCUT2D eigenvalue weighted by Gasteiger charge is -2.20. The van der Waals surface area contributed by atoms with Gasteiger partial charge in [0.25, 0.3) is 0 Å². The zero-order chi connectivity index (χ0) is 13.9. The molecule has 1 rings (SSSR count). The molecule has 0 saturated carbocycles. The SMILES string of the molecule is CCP(=O)(OC)OC[C@H](O)C1OC(=O)C(O)=C1O. The van der Waals surface area contributed by atoms with Gasteiger partial charge in [0.05, 0.1) is 6.61 Å². The molecule has 3 N–H and O–H groups in total. The van der Waals surface area contributed by atoms with Gasteiger partial charge in [-0.15, -0.1) is 0 Å². The van der Waals surface area contributed by atoms with E-state index in [9.17, 15) is 19.6 Å². The van der Waals surface area contributed by atoms with E-state index < -0.39 is 43.9 Å². The second-order valence-corrected chi connectivity index (χ2v) is 6.01. The van der Waals surface area contributed by atoms with Gasteiger partial charge in [-0.3, -0.25) is 4.57 Å². The number of hydrogen-bond acceptors (Lipinski definition) is 8. The van der Waals surface area contributed by atoms with Crippen molar-refractivity contribution in [2.45, 2.75) is 19.1 Å². The van der Waals surface area contributed by atoms with Crippen LogP contribution in [-0.4, -0.2) is 53.4 Å². The van der Waals surface area contributed by atoms with Crippen molar-refractivity contribution in [2.75, 3.05) is 19.9 Å². The minimum Gasteiger partial charge on any atom is -0.505 e. The number of esters is 1. The highest BCUT2D eigenvalue weighted by atomic mass is 31.2. The van der Waals surface area contributed by atoms with Crippen molar-refractivity contribution in [3.05, 3.63) is 11.5 Å². The van der Waals surface area contributed by atoms with E-state index in [1.807, 2.05) is 0 Å². The largest absolute Gasteiger partial charge is 0.505 e. The highest BCUT2D eigenvalue weighted by Gasteiger charge is 2.40. The van der Waals surface area contributed by atoms with Gasteiger partial charge in [-0.1, -0.05) is 6.92 Å². The Morgan fingerprint density at radius 3 is 2.50 bits per heavy atom. The molecular formula is C9H15O8P. The van der Waals surface area contributed by atoms with E-state index in [-0.39, 0.29) is 6.16 Å². The van der Waals surface area contributed by atoms with Crippen molar-refractivity contribution >= 4 is 13.6 Å². The minimum atomic E-state index is -3.29. The maximum Gasteiger partial charge on any atom is 0.377 e. The molecule has 18 heavy (non-hydrogen) atoms.